The normalized spacial score (nSPS) is 14.1. The molecule has 0 radical (unpaired) electrons. The van der Waals surface area contributed by atoms with Crippen LogP contribution >= 0.6 is 11.6 Å². The zero-order chi connectivity index (χ0) is 12.9. The summed E-state index contributed by atoms with van der Waals surface area (Å²) >= 11 is 5.79. The van der Waals surface area contributed by atoms with Crippen LogP contribution in [-0.2, 0) is 11.2 Å². The van der Waals surface area contributed by atoms with E-state index >= 15 is 0 Å². The van der Waals surface area contributed by atoms with Gasteiger partial charge in [-0.05, 0) is 37.5 Å². The maximum atomic E-state index is 11.7. The lowest BCUT2D eigenvalue weighted by Crippen LogP contribution is -2.51. The highest BCUT2D eigenvalue weighted by atomic mass is 35.5. The molecule has 1 aromatic rings. The topological polar surface area (TPSA) is 55.1 Å². The molecule has 3 N–H and O–H groups in total. The lowest BCUT2D eigenvalue weighted by Gasteiger charge is -2.21. The molecule has 0 bridgehead atoms. The van der Waals surface area contributed by atoms with Crippen LogP contribution in [0.3, 0.4) is 0 Å². The summed E-state index contributed by atoms with van der Waals surface area (Å²) in [5.41, 5.74) is 6.20. The summed E-state index contributed by atoms with van der Waals surface area (Å²) in [6.07, 6.45) is 1.41. The van der Waals surface area contributed by atoms with Crippen LogP contribution < -0.4 is 11.1 Å². The van der Waals surface area contributed by atoms with Crippen LogP contribution in [0.1, 0.15) is 25.8 Å². The molecule has 0 aliphatic heterocycles. The molecule has 4 heteroatoms. The Morgan fingerprint density at radius 1 is 1.41 bits per heavy atom. The van der Waals surface area contributed by atoms with Gasteiger partial charge in [-0.3, -0.25) is 4.79 Å². The summed E-state index contributed by atoms with van der Waals surface area (Å²) in [5.74, 6) is -0.103. The third-order valence-electron chi connectivity index (χ3n) is 2.87. The first-order chi connectivity index (χ1) is 7.95. The molecule has 1 aromatic carbocycles. The van der Waals surface area contributed by atoms with Crippen molar-refractivity contribution < 1.29 is 4.79 Å². The van der Waals surface area contributed by atoms with E-state index in [0.717, 1.165) is 17.0 Å². The predicted octanol–water partition coefficient (Wildman–Crippen LogP) is 2.13. The molecule has 94 valence electrons. The summed E-state index contributed by atoms with van der Waals surface area (Å²) in [6, 6.07) is 7.60. The molecule has 1 amide bonds. The predicted molar refractivity (Wildman–Crippen MR) is 71.0 cm³/mol. The van der Waals surface area contributed by atoms with Crippen LogP contribution in [0.5, 0.6) is 0 Å². The second kappa shape index (κ2) is 6.03. The van der Waals surface area contributed by atoms with Gasteiger partial charge in [0.25, 0.3) is 0 Å². The molecular weight excluding hydrogens is 236 g/mol. The van der Waals surface area contributed by atoms with Gasteiger partial charge >= 0.3 is 0 Å². The van der Waals surface area contributed by atoms with Crippen molar-refractivity contribution in [3.63, 3.8) is 0 Å². The lowest BCUT2D eigenvalue weighted by atomic mass is 9.99. The Bertz CT molecular complexity index is 374. The quantitative estimate of drug-likeness (QED) is 0.846. The van der Waals surface area contributed by atoms with Gasteiger partial charge < -0.3 is 11.1 Å². The molecule has 0 aliphatic carbocycles. The third-order valence-corrected chi connectivity index (χ3v) is 3.12. The van der Waals surface area contributed by atoms with E-state index in [1.54, 1.807) is 6.92 Å². The van der Waals surface area contributed by atoms with E-state index in [1.807, 2.05) is 31.2 Å². The molecule has 1 rings (SSSR count). The Morgan fingerprint density at radius 3 is 2.53 bits per heavy atom. The lowest BCUT2D eigenvalue weighted by molar-refractivity contribution is -0.125. The number of halogens is 1. The Morgan fingerprint density at radius 2 is 2.00 bits per heavy atom. The molecule has 1 atom stereocenters. The van der Waals surface area contributed by atoms with Gasteiger partial charge in [-0.25, -0.2) is 0 Å². The van der Waals surface area contributed by atoms with Crippen LogP contribution in [-0.4, -0.2) is 18.0 Å². The van der Waals surface area contributed by atoms with Gasteiger partial charge in [0.1, 0.15) is 0 Å². The molecular formula is C13H19ClN2O. The molecule has 0 fully saturated rings. The van der Waals surface area contributed by atoms with E-state index in [9.17, 15) is 4.79 Å². The molecule has 0 saturated heterocycles. The van der Waals surface area contributed by atoms with Crippen molar-refractivity contribution in [2.45, 2.75) is 32.2 Å². The maximum absolute atomic E-state index is 11.7. The number of carbonyl (C=O) groups is 1. The molecule has 0 aliphatic rings. The molecule has 0 heterocycles. The van der Waals surface area contributed by atoms with Crippen LogP contribution in [0.2, 0.25) is 5.02 Å². The van der Waals surface area contributed by atoms with Gasteiger partial charge in [-0.2, -0.15) is 0 Å². The second-order valence-electron chi connectivity index (χ2n) is 4.40. The SMILES string of the molecule is CCC(C)(N)C(=O)NCCc1ccc(Cl)cc1. The zero-order valence-electron chi connectivity index (χ0n) is 10.3. The van der Waals surface area contributed by atoms with Crippen molar-refractivity contribution in [3.05, 3.63) is 34.9 Å². The summed E-state index contributed by atoms with van der Waals surface area (Å²) in [6.45, 7) is 4.23. The Labute approximate surface area is 107 Å². The summed E-state index contributed by atoms with van der Waals surface area (Å²) in [7, 11) is 0. The fraction of sp³-hybridized carbons (Fsp3) is 0.462. The summed E-state index contributed by atoms with van der Waals surface area (Å²) in [5, 5.41) is 3.56. The average molecular weight is 255 g/mol. The average Bonchev–Trinajstić information content (AvgIpc) is 2.31. The minimum absolute atomic E-state index is 0.103. The van der Waals surface area contributed by atoms with Crippen LogP contribution in [0.15, 0.2) is 24.3 Å². The van der Waals surface area contributed by atoms with Crippen molar-refractivity contribution in [3.8, 4) is 0 Å². The van der Waals surface area contributed by atoms with Gasteiger partial charge in [0, 0.05) is 11.6 Å². The number of carbonyl (C=O) groups excluding carboxylic acids is 1. The summed E-state index contributed by atoms with van der Waals surface area (Å²) in [4.78, 5) is 11.7. The number of hydrogen-bond donors (Lipinski definition) is 2. The zero-order valence-corrected chi connectivity index (χ0v) is 11.1. The first-order valence-corrected chi connectivity index (χ1v) is 6.15. The minimum Gasteiger partial charge on any atom is -0.354 e. The minimum atomic E-state index is -0.778. The van der Waals surface area contributed by atoms with Crippen LogP contribution in [0.25, 0.3) is 0 Å². The van der Waals surface area contributed by atoms with Crippen molar-refractivity contribution in [1.29, 1.82) is 0 Å². The van der Waals surface area contributed by atoms with Crippen molar-refractivity contribution in [2.24, 2.45) is 5.73 Å². The van der Waals surface area contributed by atoms with Gasteiger partial charge in [0.05, 0.1) is 5.54 Å². The third kappa shape index (κ3) is 4.36. The van der Waals surface area contributed by atoms with Crippen molar-refractivity contribution >= 4 is 17.5 Å². The molecule has 3 nitrogen and oxygen atoms in total. The number of hydrogen-bond acceptors (Lipinski definition) is 2. The molecule has 0 saturated carbocycles. The highest BCUT2D eigenvalue weighted by Crippen LogP contribution is 2.10. The van der Waals surface area contributed by atoms with E-state index in [4.69, 9.17) is 17.3 Å². The highest BCUT2D eigenvalue weighted by Gasteiger charge is 2.25. The molecule has 1 unspecified atom stereocenters. The second-order valence-corrected chi connectivity index (χ2v) is 4.84. The molecule has 17 heavy (non-hydrogen) atoms. The summed E-state index contributed by atoms with van der Waals surface area (Å²) < 4.78 is 0. The number of amides is 1. The van der Waals surface area contributed by atoms with Crippen LogP contribution in [0.4, 0.5) is 0 Å². The van der Waals surface area contributed by atoms with E-state index in [2.05, 4.69) is 5.32 Å². The Kier molecular flexibility index (Phi) is 4.97. The fourth-order valence-electron chi connectivity index (χ4n) is 1.33. The van der Waals surface area contributed by atoms with E-state index < -0.39 is 5.54 Å². The Balaban J connectivity index is 2.38. The monoisotopic (exact) mass is 254 g/mol. The van der Waals surface area contributed by atoms with Gasteiger partial charge in [0.2, 0.25) is 5.91 Å². The van der Waals surface area contributed by atoms with Crippen molar-refractivity contribution in [1.82, 2.24) is 5.32 Å². The number of nitrogens with two attached hydrogens (primary N) is 1. The van der Waals surface area contributed by atoms with Crippen LogP contribution in [0, 0.1) is 0 Å². The van der Waals surface area contributed by atoms with Gasteiger partial charge in [-0.1, -0.05) is 30.7 Å². The Hall–Kier alpha value is -1.06. The maximum Gasteiger partial charge on any atom is 0.239 e. The molecule has 0 aromatic heterocycles. The first kappa shape index (κ1) is 14.0. The van der Waals surface area contributed by atoms with Gasteiger partial charge in [0.15, 0.2) is 0 Å². The standard InChI is InChI=1S/C13H19ClN2O/c1-3-13(2,15)12(17)16-9-8-10-4-6-11(14)7-5-10/h4-7H,3,8-9,15H2,1-2H3,(H,16,17). The van der Waals surface area contributed by atoms with E-state index in [0.29, 0.717) is 13.0 Å². The van der Waals surface area contributed by atoms with E-state index in [-0.39, 0.29) is 5.91 Å². The smallest absolute Gasteiger partial charge is 0.239 e. The van der Waals surface area contributed by atoms with Crippen molar-refractivity contribution in [2.75, 3.05) is 6.54 Å². The number of nitrogens with one attached hydrogen (secondary N) is 1. The highest BCUT2D eigenvalue weighted by molar-refractivity contribution is 6.30. The number of rotatable bonds is 5. The van der Waals surface area contributed by atoms with Gasteiger partial charge in [-0.15, -0.1) is 0 Å². The first-order valence-electron chi connectivity index (χ1n) is 5.77. The molecule has 0 spiro atoms. The largest absolute Gasteiger partial charge is 0.354 e. The fourth-order valence-corrected chi connectivity index (χ4v) is 1.46. The van der Waals surface area contributed by atoms with E-state index in [1.165, 1.54) is 0 Å². The number of benzene rings is 1.